The lowest BCUT2D eigenvalue weighted by atomic mass is 10.0. The van der Waals surface area contributed by atoms with Crippen LogP contribution in [0.25, 0.3) is 10.8 Å². The first-order valence-electron chi connectivity index (χ1n) is 10.0. The van der Waals surface area contributed by atoms with Crippen LogP contribution in [-0.4, -0.2) is 13.3 Å². The number of nitrogens with one attached hydrogen (secondary N) is 1. The van der Waals surface area contributed by atoms with Crippen molar-refractivity contribution in [2.24, 2.45) is 5.10 Å². The first-order chi connectivity index (χ1) is 15.2. The third-order valence-corrected chi connectivity index (χ3v) is 5.70. The first-order valence-corrected chi connectivity index (χ1v) is 11.1. The number of hydrazone groups is 1. The van der Waals surface area contributed by atoms with Gasteiger partial charge in [0.15, 0.2) is 0 Å². The second kappa shape index (κ2) is 10.3. The van der Waals surface area contributed by atoms with Crippen LogP contribution in [0.2, 0.25) is 0 Å². The number of nitrogens with zero attached hydrogens (tertiary/aromatic N) is 1. The highest BCUT2D eigenvalue weighted by molar-refractivity contribution is 14.1. The Labute approximate surface area is 196 Å². The van der Waals surface area contributed by atoms with E-state index >= 15 is 0 Å². The average molecular weight is 522 g/mol. The number of fused-ring (bicyclic) bond motifs is 1. The van der Waals surface area contributed by atoms with Gasteiger partial charge >= 0.3 is 0 Å². The van der Waals surface area contributed by atoms with E-state index in [1.807, 2.05) is 48.7 Å². The number of rotatable bonds is 8. The fraction of sp³-hybridized carbons (Fsp3) is 0.115. The van der Waals surface area contributed by atoms with Crippen molar-refractivity contribution in [1.29, 1.82) is 0 Å². The lowest BCUT2D eigenvalue weighted by molar-refractivity contribution is 0.306. The Hall–Kier alpha value is -3.06. The van der Waals surface area contributed by atoms with Crippen molar-refractivity contribution in [3.8, 4) is 11.5 Å². The Bertz CT molecular complexity index is 1190. The first kappa shape index (κ1) is 21.2. The topological polar surface area (TPSA) is 42.8 Å². The summed E-state index contributed by atoms with van der Waals surface area (Å²) in [5.41, 5.74) is 6.27. The molecule has 0 aliphatic heterocycles. The largest absolute Gasteiger partial charge is 0.496 e. The van der Waals surface area contributed by atoms with Gasteiger partial charge in [-0.25, -0.2) is 0 Å². The van der Waals surface area contributed by atoms with Crippen molar-refractivity contribution in [1.82, 2.24) is 5.43 Å². The highest BCUT2D eigenvalue weighted by Crippen LogP contribution is 2.27. The fourth-order valence-electron chi connectivity index (χ4n) is 3.37. The molecular weight excluding hydrogens is 499 g/mol. The summed E-state index contributed by atoms with van der Waals surface area (Å²) in [5, 5.41) is 6.73. The van der Waals surface area contributed by atoms with Gasteiger partial charge in [0.1, 0.15) is 18.1 Å². The van der Waals surface area contributed by atoms with Gasteiger partial charge in [0.25, 0.3) is 0 Å². The maximum Gasteiger partial charge on any atom is 0.129 e. The predicted octanol–water partition coefficient (Wildman–Crippen LogP) is 6.16. The monoisotopic (exact) mass is 522 g/mol. The normalized spacial score (nSPS) is 11.0. The summed E-state index contributed by atoms with van der Waals surface area (Å²) < 4.78 is 12.8. The van der Waals surface area contributed by atoms with Gasteiger partial charge in [-0.1, -0.05) is 60.7 Å². The number of halogens is 1. The minimum atomic E-state index is 0.505. The summed E-state index contributed by atoms with van der Waals surface area (Å²) in [6.07, 6.45) is 1.83. The highest BCUT2D eigenvalue weighted by Gasteiger charge is 2.08. The summed E-state index contributed by atoms with van der Waals surface area (Å²) in [7, 11) is 1.68. The molecule has 5 heteroatoms. The van der Waals surface area contributed by atoms with Crippen LogP contribution in [0.3, 0.4) is 0 Å². The van der Waals surface area contributed by atoms with E-state index in [1.54, 1.807) is 7.11 Å². The molecule has 4 aromatic rings. The smallest absolute Gasteiger partial charge is 0.129 e. The van der Waals surface area contributed by atoms with Crippen molar-refractivity contribution in [3.63, 3.8) is 0 Å². The number of hydrogen-bond donors (Lipinski definition) is 1. The third-order valence-electron chi connectivity index (χ3n) is 4.99. The van der Waals surface area contributed by atoms with Crippen molar-refractivity contribution < 1.29 is 9.47 Å². The maximum absolute atomic E-state index is 6.18. The molecule has 4 nitrogen and oxygen atoms in total. The Balaban J connectivity index is 1.54. The maximum atomic E-state index is 6.18. The lowest BCUT2D eigenvalue weighted by Gasteiger charge is -2.12. The number of para-hydroxylation sites is 1. The van der Waals surface area contributed by atoms with Crippen LogP contribution in [-0.2, 0) is 13.2 Å². The standard InChI is InChI=1S/C26H23IN2O2/c1-30-25-9-5-3-7-21(25)16-28-29-17-24-23-8-4-2-6-20(23)12-15-26(24)31-18-19-10-13-22(27)14-11-19/h2-15,17,28H,16,18H2,1H3/b29-17-. The molecule has 0 radical (unpaired) electrons. The van der Waals surface area contributed by atoms with E-state index in [2.05, 4.69) is 75.6 Å². The molecule has 0 saturated heterocycles. The van der Waals surface area contributed by atoms with E-state index in [0.717, 1.165) is 39.0 Å². The van der Waals surface area contributed by atoms with Gasteiger partial charge < -0.3 is 14.9 Å². The molecule has 4 aromatic carbocycles. The lowest BCUT2D eigenvalue weighted by Crippen LogP contribution is -2.07. The van der Waals surface area contributed by atoms with Crippen molar-refractivity contribution in [3.05, 3.63) is 105 Å². The van der Waals surface area contributed by atoms with E-state index in [-0.39, 0.29) is 0 Å². The molecule has 0 aliphatic carbocycles. The van der Waals surface area contributed by atoms with Crippen LogP contribution in [0.5, 0.6) is 11.5 Å². The molecule has 0 amide bonds. The van der Waals surface area contributed by atoms with Gasteiger partial charge in [-0.05, 0) is 63.2 Å². The van der Waals surface area contributed by atoms with Crippen LogP contribution >= 0.6 is 22.6 Å². The van der Waals surface area contributed by atoms with E-state index in [1.165, 1.54) is 3.57 Å². The summed E-state index contributed by atoms with van der Waals surface area (Å²) in [6, 6.07) is 28.6. The fourth-order valence-corrected chi connectivity index (χ4v) is 3.73. The quantitative estimate of drug-likeness (QED) is 0.171. The summed E-state index contributed by atoms with van der Waals surface area (Å²) in [4.78, 5) is 0. The summed E-state index contributed by atoms with van der Waals surface area (Å²) in [6.45, 7) is 1.08. The second-order valence-electron chi connectivity index (χ2n) is 7.02. The van der Waals surface area contributed by atoms with Gasteiger partial charge in [-0.2, -0.15) is 5.10 Å². The molecule has 0 unspecified atom stereocenters. The molecule has 0 heterocycles. The minimum absolute atomic E-state index is 0.505. The van der Waals surface area contributed by atoms with Crippen LogP contribution in [0.4, 0.5) is 0 Å². The van der Waals surface area contributed by atoms with Gasteiger partial charge in [0.2, 0.25) is 0 Å². The number of hydrogen-bond acceptors (Lipinski definition) is 4. The Morgan fingerprint density at radius 3 is 2.48 bits per heavy atom. The van der Waals surface area contributed by atoms with Gasteiger partial charge in [0, 0.05) is 14.7 Å². The molecule has 31 heavy (non-hydrogen) atoms. The zero-order valence-electron chi connectivity index (χ0n) is 17.2. The van der Waals surface area contributed by atoms with Gasteiger partial charge in [0.05, 0.1) is 19.9 Å². The Morgan fingerprint density at radius 1 is 0.871 bits per heavy atom. The highest BCUT2D eigenvalue weighted by atomic mass is 127. The molecule has 0 fully saturated rings. The summed E-state index contributed by atoms with van der Waals surface area (Å²) >= 11 is 2.31. The molecule has 0 bridgehead atoms. The summed E-state index contributed by atoms with van der Waals surface area (Å²) in [5.74, 6) is 1.65. The Morgan fingerprint density at radius 2 is 1.65 bits per heavy atom. The van der Waals surface area contributed by atoms with Crippen molar-refractivity contribution >= 4 is 39.6 Å². The van der Waals surface area contributed by atoms with Crippen LogP contribution in [0, 0.1) is 3.57 Å². The molecule has 0 atom stereocenters. The van der Waals surface area contributed by atoms with Gasteiger partial charge in [-0.15, -0.1) is 0 Å². The number of methoxy groups -OCH3 is 1. The van der Waals surface area contributed by atoms with E-state index in [4.69, 9.17) is 9.47 Å². The Kier molecular flexibility index (Phi) is 7.04. The van der Waals surface area contributed by atoms with Gasteiger partial charge in [-0.3, -0.25) is 0 Å². The average Bonchev–Trinajstić information content (AvgIpc) is 2.82. The molecule has 0 aromatic heterocycles. The van der Waals surface area contributed by atoms with E-state index in [0.29, 0.717) is 13.2 Å². The molecule has 0 saturated carbocycles. The van der Waals surface area contributed by atoms with Crippen molar-refractivity contribution in [2.75, 3.05) is 7.11 Å². The second-order valence-corrected chi connectivity index (χ2v) is 8.26. The van der Waals surface area contributed by atoms with E-state index < -0.39 is 0 Å². The zero-order valence-corrected chi connectivity index (χ0v) is 19.4. The third kappa shape index (κ3) is 5.35. The molecule has 0 aliphatic rings. The number of ether oxygens (including phenoxy) is 2. The molecule has 1 N–H and O–H groups in total. The molecule has 0 spiro atoms. The zero-order chi connectivity index (χ0) is 21.5. The van der Waals surface area contributed by atoms with E-state index in [9.17, 15) is 0 Å². The SMILES string of the molecule is COc1ccccc1CN/N=C\c1c(OCc2ccc(I)cc2)ccc2ccccc12. The molecular formula is C26H23IN2O2. The molecule has 4 rings (SSSR count). The van der Waals surface area contributed by atoms with Crippen LogP contribution in [0.1, 0.15) is 16.7 Å². The number of benzene rings is 4. The predicted molar refractivity (Wildman–Crippen MR) is 135 cm³/mol. The van der Waals surface area contributed by atoms with Crippen LogP contribution < -0.4 is 14.9 Å². The van der Waals surface area contributed by atoms with Crippen molar-refractivity contribution in [2.45, 2.75) is 13.2 Å². The minimum Gasteiger partial charge on any atom is -0.496 e. The molecule has 156 valence electrons. The van der Waals surface area contributed by atoms with Crippen LogP contribution in [0.15, 0.2) is 90.0 Å².